The van der Waals surface area contributed by atoms with Crippen molar-refractivity contribution < 1.29 is 9.84 Å². The van der Waals surface area contributed by atoms with E-state index >= 15 is 0 Å². The van der Waals surface area contributed by atoms with Crippen LogP contribution in [0.15, 0.2) is 0 Å². The first kappa shape index (κ1) is 4.77. The number of aliphatic hydroxyl groups excluding tert-OH is 1. The van der Waals surface area contributed by atoms with E-state index in [9.17, 15) is 0 Å². The zero-order valence-corrected chi connectivity index (χ0v) is 4.87. The first-order valence-corrected chi connectivity index (χ1v) is 3.12. The van der Waals surface area contributed by atoms with E-state index in [1.54, 1.807) is 0 Å². The molecule has 1 N–H and O–H groups in total. The molecule has 2 heteroatoms. The first-order chi connectivity index (χ1) is 3.79. The zero-order valence-electron chi connectivity index (χ0n) is 4.87. The van der Waals surface area contributed by atoms with Gasteiger partial charge in [0.2, 0.25) is 0 Å². The van der Waals surface area contributed by atoms with Crippen LogP contribution in [0.1, 0.15) is 13.3 Å². The maximum absolute atomic E-state index is 9.12. The molecule has 1 aliphatic heterocycles. The van der Waals surface area contributed by atoms with Crippen LogP contribution in [0, 0.1) is 5.92 Å². The molecule has 2 rings (SSSR count). The van der Waals surface area contributed by atoms with E-state index < -0.39 is 0 Å². The van der Waals surface area contributed by atoms with E-state index in [0.29, 0.717) is 18.1 Å². The van der Waals surface area contributed by atoms with Gasteiger partial charge < -0.3 is 9.84 Å². The van der Waals surface area contributed by atoms with Gasteiger partial charge in [0.25, 0.3) is 0 Å². The van der Waals surface area contributed by atoms with E-state index in [2.05, 4.69) is 0 Å². The van der Waals surface area contributed by atoms with Crippen LogP contribution in [0.5, 0.6) is 0 Å². The van der Waals surface area contributed by atoms with E-state index in [0.717, 1.165) is 6.42 Å². The number of epoxide rings is 1. The molecule has 46 valence electrons. The summed E-state index contributed by atoms with van der Waals surface area (Å²) in [4.78, 5) is 0. The van der Waals surface area contributed by atoms with Crippen LogP contribution in [0.4, 0.5) is 0 Å². The molecule has 1 saturated heterocycles. The van der Waals surface area contributed by atoms with Gasteiger partial charge in [-0.2, -0.15) is 0 Å². The number of rotatable bonds is 0. The highest BCUT2D eigenvalue weighted by Crippen LogP contribution is 2.42. The summed E-state index contributed by atoms with van der Waals surface area (Å²) in [6, 6.07) is 0. The van der Waals surface area contributed by atoms with Crippen LogP contribution in [-0.4, -0.2) is 23.4 Å². The Hall–Kier alpha value is -0.0800. The summed E-state index contributed by atoms with van der Waals surface area (Å²) in [6.45, 7) is 2.04. The Labute approximate surface area is 48.5 Å². The minimum absolute atomic E-state index is 0.0845. The SMILES string of the molecule is C[C@H]1[C@@H]2O[C@@H]2C[C@@H]1O. The molecular formula is C6H10O2. The van der Waals surface area contributed by atoms with E-state index in [1.807, 2.05) is 6.92 Å². The summed E-state index contributed by atoms with van der Waals surface area (Å²) in [5.41, 5.74) is 0. The quantitative estimate of drug-likeness (QED) is 0.455. The molecular weight excluding hydrogens is 104 g/mol. The van der Waals surface area contributed by atoms with Crippen molar-refractivity contribution in [1.82, 2.24) is 0 Å². The van der Waals surface area contributed by atoms with Gasteiger partial charge in [-0.05, 0) is 0 Å². The molecule has 0 spiro atoms. The van der Waals surface area contributed by atoms with Crippen LogP contribution in [-0.2, 0) is 4.74 Å². The minimum atomic E-state index is -0.0845. The third-order valence-corrected chi connectivity index (χ3v) is 2.22. The molecule has 0 bridgehead atoms. The van der Waals surface area contributed by atoms with Crippen molar-refractivity contribution in [2.45, 2.75) is 31.7 Å². The summed E-state index contributed by atoms with van der Waals surface area (Å²) >= 11 is 0. The molecule has 0 radical (unpaired) electrons. The van der Waals surface area contributed by atoms with Gasteiger partial charge in [-0.15, -0.1) is 0 Å². The predicted octanol–water partition coefficient (Wildman–Crippen LogP) is 0.154. The van der Waals surface area contributed by atoms with E-state index in [4.69, 9.17) is 9.84 Å². The van der Waals surface area contributed by atoms with Gasteiger partial charge in [0, 0.05) is 12.3 Å². The molecule has 2 fully saturated rings. The van der Waals surface area contributed by atoms with Crippen LogP contribution in [0.3, 0.4) is 0 Å². The van der Waals surface area contributed by atoms with Gasteiger partial charge in [-0.3, -0.25) is 0 Å². The maximum Gasteiger partial charge on any atom is 0.0892 e. The lowest BCUT2D eigenvalue weighted by Gasteiger charge is -2.08. The Morgan fingerprint density at radius 3 is 2.62 bits per heavy atom. The zero-order chi connectivity index (χ0) is 5.72. The van der Waals surface area contributed by atoms with E-state index in [1.165, 1.54) is 0 Å². The Balaban J connectivity index is 2.08. The van der Waals surface area contributed by atoms with Crippen LogP contribution >= 0.6 is 0 Å². The van der Waals surface area contributed by atoms with Gasteiger partial charge in [-0.25, -0.2) is 0 Å². The first-order valence-electron chi connectivity index (χ1n) is 3.12. The monoisotopic (exact) mass is 114 g/mol. The van der Waals surface area contributed by atoms with Crippen molar-refractivity contribution >= 4 is 0 Å². The highest BCUT2D eigenvalue weighted by molar-refractivity contribution is 5.00. The smallest absolute Gasteiger partial charge is 0.0892 e. The van der Waals surface area contributed by atoms with Gasteiger partial charge in [0.05, 0.1) is 18.3 Å². The second kappa shape index (κ2) is 1.25. The molecule has 0 aromatic carbocycles. The lowest BCUT2D eigenvalue weighted by atomic mass is 10.1. The Kier molecular flexibility index (Phi) is 0.746. The van der Waals surface area contributed by atoms with Crippen molar-refractivity contribution in [3.8, 4) is 0 Å². The van der Waals surface area contributed by atoms with Gasteiger partial charge in [0.1, 0.15) is 0 Å². The lowest BCUT2D eigenvalue weighted by molar-refractivity contribution is 0.0832. The Morgan fingerprint density at radius 2 is 2.38 bits per heavy atom. The third kappa shape index (κ3) is 0.446. The molecule has 1 heterocycles. The molecule has 0 aromatic heterocycles. The summed E-state index contributed by atoms with van der Waals surface area (Å²) < 4.78 is 5.18. The fraction of sp³-hybridized carbons (Fsp3) is 1.00. The Morgan fingerprint density at radius 1 is 1.62 bits per heavy atom. The molecule has 1 saturated carbocycles. The molecule has 0 unspecified atom stereocenters. The molecule has 1 aliphatic carbocycles. The minimum Gasteiger partial charge on any atom is -0.393 e. The lowest BCUT2D eigenvalue weighted by Crippen LogP contribution is -2.15. The van der Waals surface area contributed by atoms with Crippen molar-refractivity contribution in [2.24, 2.45) is 5.92 Å². The fourth-order valence-corrected chi connectivity index (χ4v) is 1.48. The maximum atomic E-state index is 9.12. The van der Waals surface area contributed by atoms with Crippen LogP contribution < -0.4 is 0 Å². The van der Waals surface area contributed by atoms with Crippen LogP contribution in [0.25, 0.3) is 0 Å². The Bertz CT molecular complexity index is 111. The normalized spacial score (nSPS) is 60.8. The molecule has 0 amide bonds. The van der Waals surface area contributed by atoms with Crippen LogP contribution in [0.2, 0.25) is 0 Å². The molecule has 2 aliphatic rings. The second-order valence-electron chi connectivity index (χ2n) is 2.80. The van der Waals surface area contributed by atoms with Crippen molar-refractivity contribution in [3.05, 3.63) is 0 Å². The third-order valence-electron chi connectivity index (χ3n) is 2.22. The summed E-state index contributed by atoms with van der Waals surface area (Å²) in [5.74, 6) is 0.389. The van der Waals surface area contributed by atoms with Crippen molar-refractivity contribution in [1.29, 1.82) is 0 Å². The standard InChI is InChI=1S/C6H10O2/c1-3-4(7)2-5-6(3)8-5/h3-7H,2H2,1H3/t3-,4+,5-,6+/m1/s1. The van der Waals surface area contributed by atoms with Crippen molar-refractivity contribution in [3.63, 3.8) is 0 Å². The predicted molar refractivity (Wildman–Crippen MR) is 28.4 cm³/mol. The number of aliphatic hydroxyl groups is 1. The average molecular weight is 114 g/mol. The summed E-state index contributed by atoms with van der Waals surface area (Å²) in [5, 5.41) is 9.12. The topological polar surface area (TPSA) is 32.8 Å². The van der Waals surface area contributed by atoms with E-state index in [-0.39, 0.29) is 6.10 Å². The summed E-state index contributed by atoms with van der Waals surface area (Å²) in [6.07, 6.45) is 1.61. The number of fused-ring (bicyclic) bond motifs is 1. The molecule has 8 heavy (non-hydrogen) atoms. The molecule has 4 atom stereocenters. The summed E-state index contributed by atoms with van der Waals surface area (Å²) in [7, 11) is 0. The van der Waals surface area contributed by atoms with Gasteiger partial charge in [-0.1, -0.05) is 6.92 Å². The second-order valence-corrected chi connectivity index (χ2v) is 2.80. The molecule has 2 nitrogen and oxygen atoms in total. The van der Waals surface area contributed by atoms with Gasteiger partial charge in [0.15, 0.2) is 0 Å². The average Bonchev–Trinajstić information content (AvgIpc) is 2.39. The fourth-order valence-electron chi connectivity index (χ4n) is 1.48. The number of ether oxygens (including phenoxy) is 1. The number of hydrogen-bond acceptors (Lipinski definition) is 2. The van der Waals surface area contributed by atoms with Crippen molar-refractivity contribution in [2.75, 3.05) is 0 Å². The highest BCUT2D eigenvalue weighted by Gasteiger charge is 2.52. The largest absolute Gasteiger partial charge is 0.393 e. The molecule has 0 aromatic rings. The number of hydrogen-bond donors (Lipinski definition) is 1. The van der Waals surface area contributed by atoms with Gasteiger partial charge >= 0.3 is 0 Å². The highest BCUT2D eigenvalue weighted by atomic mass is 16.6.